The number of para-hydroxylation sites is 1. The third kappa shape index (κ3) is 7.92. The smallest absolute Gasteiger partial charge is 0.254 e. The van der Waals surface area contributed by atoms with Crippen molar-refractivity contribution in [1.29, 1.82) is 0 Å². The van der Waals surface area contributed by atoms with Crippen LogP contribution in [0.1, 0.15) is 58.7 Å². The van der Waals surface area contributed by atoms with Crippen molar-refractivity contribution >= 4 is 17.5 Å². The van der Waals surface area contributed by atoms with Crippen LogP contribution in [-0.4, -0.2) is 71.3 Å². The lowest BCUT2D eigenvalue weighted by molar-refractivity contribution is -0.118. The van der Waals surface area contributed by atoms with Gasteiger partial charge in [-0.25, -0.2) is 4.63 Å². The van der Waals surface area contributed by atoms with Gasteiger partial charge in [0.1, 0.15) is 29.5 Å². The van der Waals surface area contributed by atoms with Gasteiger partial charge in [0.15, 0.2) is 0 Å². The average Bonchev–Trinajstić information content (AvgIpc) is 3.46. The number of hydrogen-bond acceptors (Lipinski definition) is 8. The molecule has 0 aliphatic carbocycles. The molecule has 0 spiro atoms. The molecule has 0 radical (unpaired) electrons. The van der Waals surface area contributed by atoms with Gasteiger partial charge in [-0.15, -0.1) is 0 Å². The van der Waals surface area contributed by atoms with Crippen molar-refractivity contribution in [2.24, 2.45) is 0 Å². The summed E-state index contributed by atoms with van der Waals surface area (Å²) in [5.74, 6) is 1.33. The van der Waals surface area contributed by atoms with Gasteiger partial charge in [-0.3, -0.25) is 14.5 Å². The van der Waals surface area contributed by atoms with Crippen LogP contribution >= 0.6 is 0 Å². The Kier molecular flexibility index (Phi) is 10.7. The lowest BCUT2D eigenvalue weighted by Crippen LogP contribution is -2.41. The zero-order valence-corrected chi connectivity index (χ0v) is 27.4. The Bertz CT molecular complexity index is 1620. The number of fused-ring (bicyclic) bond motifs is 1. The lowest BCUT2D eigenvalue weighted by Gasteiger charge is -2.30. The Balaban J connectivity index is 1.41. The third-order valence-corrected chi connectivity index (χ3v) is 8.49. The Morgan fingerprint density at radius 1 is 0.891 bits per heavy atom. The summed E-state index contributed by atoms with van der Waals surface area (Å²) in [6.07, 6.45) is 1.09. The molecule has 10 nitrogen and oxygen atoms in total. The summed E-state index contributed by atoms with van der Waals surface area (Å²) in [5, 5.41) is 7.64. The molecule has 0 saturated heterocycles. The highest BCUT2D eigenvalue weighted by atomic mass is 16.6. The monoisotopic (exact) mass is 625 g/mol. The number of hydrogen-bond donors (Lipinski definition) is 0. The fraction of sp³-hybridized carbons (Fsp3) is 0.389. The first-order valence-corrected chi connectivity index (χ1v) is 15.8. The third-order valence-electron chi connectivity index (χ3n) is 8.49. The van der Waals surface area contributed by atoms with E-state index in [9.17, 15) is 9.59 Å². The van der Waals surface area contributed by atoms with Crippen LogP contribution in [0.4, 0.5) is 5.69 Å². The second kappa shape index (κ2) is 15.1. The summed E-state index contributed by atoms with van der Waals surface area (Å²) in [6.45, 7) is 11.5. The highest BCUT2D eigenvalue weighted by Crippen LogP contribution is 2.29. The molecule has 10 heteroatoms. The minimum atomic E-state index is -0.0744. The highest BCUT2D eigenvalue weighted by molar-refractivity contribution is 5.97. The van der Waals surface area contributed by atoms with E-state index < -0.39 is 0 Å². The molecule has 3 aromatic carbocycles. The van der Waals surface area contributed by atoms with E-state index >= 15 is 0 Å². The summed E-state index contributed by atoms with van der Waals surface area (Å²) in [5.41, 5.74) is 5.65. The van der Waals surface area contributed by atoms with Crippen LogP contribution < -0.4 is 14.4 Å². The Labute approximate surface area is 270 Å². The van der Waals surface area contributed by atoms with Crippen molar-refractivity contribution in [3.8, 4) is 11.5 Å². The van der Waals surface area contributed by atoms with E-state index in [2.05, 4.69) is 29.1 Å². The molecular formula is C36H43N5O5. The van der Waals surface area contributed by atoms with Crippen molar-refractivity contribution in [3.05, 3.63) is 100 Å². The zero-order chi connectivity index (χ0) is 32.6. The topological polar surface area (TPSA) is 101 Å². The molecule has 0 atom stereocenters. The number of methoxy groups -OCH3 is 1. The van der Waals surface area contributed by atoms with Gasteiger partial charge in [0.2, 0.25) is 5.91 Å². The molecule has 0 unspecified atom stereocenters. The molecular weight excluding hydrogens is 582 g/mol. The molecule has 46 heavy (non-hydrogen) atoms. The van der Waals surface area contributed by atoms with Crippen LogP contribution in [0.15, 0.2) is 71.4 Å². The van der Waals surface area contributed by atoms with Crippen LogP contribution in [0.5, 0.6) is 11.5 Å². The lowest BCUT2D eigenvalue weighted by atomic mass is 10.0. The number of ether oxygens (including phenoxy) is 2. The summed E-state index contributed by atoms with van der Waals surface area (Å²) in [7, 11) is 1.63. The molecule has 0 fully saturated rings. The number of rotatable bonds is 8. The normalized spacial score (nSPS) is 14.5. The van der Waals surface area contributed by atoms with Crippen LogP contribution in [0.25, 0.3) is 0 Å². The number of anilines is 1. The van der Waals surface area contributed by atoms with E-state index in [0.717, 1.165) is 47.6 Å². The number of nitrogens with zero attached hydrogens (tertiary/aromatic N) is 5. The number of aryl methyl sites for hydroxylation is 2. The van der Waals surface area contributed by atoms with Gasteiger partial charge >= 0.3 is 0 Å². The quantitative estimate of drug-likeness (QED) is 0.249. The summed E-state index contributed by atoms with van der Waals surface area (Å²) < 4.78 is 15.9. The standard InChI is InChI=1S/C36H43N5O5/c1-25(2)39-18-7-19-41(34(42)22-28-10-14-31(44-5)15-11-28)35-26(3)8-6-9-30(35)23-40(21-20-39)36(43)29-12-16-32(17-13-29)45-24-33-27(4)37-46-38-33/h6,8-17,25H,7,18-24H2,1-5H3. The number of carbonyl (C=O) groups excluding carboxylic acids is 2. The largest absolute Gasteiger partial charge is 0.497 e. The van der Waals surface area contributed by atoms with E-state index in [0.29, 0.717) is 48.4 Å². The maximum Gasteiger partial charge on any atom is 0.254 e. The Morgan fingerprint density at radius 2 is 1.63 bits per heavy atom. The number of benzene rings is 3. The van der Waals surface area contributed by atoms with E-state index in [4.69, 9.17) is 14.1 Å². The summed E-state index contributed by atoms with van der Waals surface area (Å²) in [6, 6.07) is 21.2. The van der Waals surface area contributed by atoms with Gasteiger partial charge < -0.3 is 19.3 Å². The predicted octanol–water partition coefficient (Wildman–Crippen LogP) is 5.61. The van der Waals surface area contributed by atoms with E-state index in [1.54, 1.807) is 31.4 Å². The minimum absolute atomic E-state index is 0.0288. The molecule has 4 aromatic rings. The molecule has 0 N–H and O–H groups in total. The van der Waals surface area contributed by atoms with E-state index in [1.165, 1.54) is 0 Å². The number of amides is 2. The van der Waals surface area contributed by atoms with Crippen molar-refractivity contribution in [2.75, 3.05) is 38.2 Å². The second-order valence-electron chi connectivity index (χ2n) is 12.0. The minimum Gasteiger partial charge on any atom is -0.497 e. The molecule has 5 rings (SSSR count). The molecule has 242 valence electrons. The zero-order valence-electron chi connectivity index (χ0n) is 27.4. The molecule has 2 amide bonds. The molecule has 1 aliphatic rings. The molecule has 0 saturated carbocycles. The Hall–Kier alpha value is -4.70. The Morgan fingerprint density at radius 3 is 2.30 bits per heavy atom. The van der Waals surface area contributed by atoms with Crippen LogP contribution in [0, 0.1) is 13.8 Å². The van der Waals surface area contributed by atoms with Crippen LogP contribution in [0.2, 0.25) is 0 Å². The maximum atomic E-state index is 14.1. The second-order valence-corrected chi connectivity index (χ2v) is 12.0. The van der Waals surface area contributed by atoms with Crippen LogP contribution in [0.3, 0.4) is 0 Å². The number of aromatic nitrogens is 2. The fourth-order valence-electron chi connectivity index (χ4n) is 5.78. The van der Waals surface area contributed by atoms with Gasteiger partial charge in [-0.1, -0.05) is 40.6 Å². The van der Waals surface area contributed by atoms with Gasteiger partial charge in [0, 0.05) is 44.3 Å². The first-order valence-electron chi connectivity index (χ1n) is 15.8. The predicted molar refractivity (Wildman–Crippen MR) is 176 cm³/mol. The van der Waals surface area contributed by atoms with Crippen molar-refractivity contribution < 1.29 is 23.7 Å². The van der Waals surface area contributed by atoms with Crippen molar-refractivity contribution in [1.82, 2.24) is 20.1 Å². The average molecular weight is 626 g/mol. The first kappa shape index (κ1) is 32.7. The van der Waals surface area contributed by atoms with E-state index in [1.807, 2.05) is 66.1 Å². The SMILES string of the molecule is COc1ccc(CC(=O)N2CCCN(C(C)C)CCN(C(=O)c3ccc(OCc4nonc4C)cc3)Cc3cccc(C)c32)cc1. The number of carbonyl (C=O) groups is 2. The van der Waals surface area contributed by atoms with Gasteiger partial charge in [-0.05, 0) is 87.2 Å². The molecule has 1 aromatic heterocycles. The van der Waals surface area contributed by atoms with Crippen LogP contribution in [-0.2, 0) is 24.4 Å². The van der Waals surface area contributed by atoms with Crippen molar-refractivity contribution in [3.63, 3.8) is 0 Å². The van der Waals surface area contributed by atoms with Gasteiger partial charge in [0.05, 0.1) is 19.2 Å². The summed E-state index contributed by atoms with van der Waals surface area (Å²) >= 11 is 0. The fourth-order valence-corrected chi connectivity index (χ4v) is 5.78. The first-order chi connectivity index (χ1) is 22.2. The molecule has 1 aliphatic heterocycles. The highest BCUT2D eigenvalue weighted by Gasteiger charge is 2.26. The molecule has 0 bridgehead atoms. The maximum absolute atomic E-state index is 14.1. The molecule has 2 heterocycles. The van der Waals surface area contributed by atoms with E-state index in [-0.39, 0.29) is 24.8 Å². The van der Waals surface area contributed by atoms with Crippen molar-refractivity contribution in [2.45, 2.75) is 59.7 Å². The summed E-state index contributed by atoms with van der Waals surface area (Å²) in [4.78, 5) is 34.3. The van der Waals surface area contributed by atoms with Gasteiger partial charge in [0.25, 0.3) is 5.91 Å². The van der Waals surface area contributed by atoms with Gasteiger partial charge in [-0.2, -0.15) is 0 Å².